The van der Waals surface area contributed by atoms with Crippen LogP contribution in [0.15, 0.2) is 0 Å². The van der Waals surface area contributed by atoms with E-state index in [1.807, 2.05) is 0 Å². The molecular weight excluding hydrogens is 416 g/mol. The quantitative estimate of drug-likeness (QED) is 0.181. The molecule has 2 fully saturated rings. The van der Waals surface area contributed by atoms with Crippen molar-refractivity contribution in [3.05, 3.63) is 0 Å². The molecule has 16 heteroatoms. The summed E-state index contributed by atoms with van der Waals surface area (Å²) in [5, 5.41) is 67.8. The van der Waals surface area contributed by atoms with Crippen LogP contribution in [0.3, 0.4) is 0 Å². The minimum absolute atomic E-state index is 0.816. The summed E-state index contributed by atoms with van der Waals surface area (Å²) in [6.07, 6.45) is -20.0. The summed E-state index contributed by atoms with van der Waals surface area (Å²) in [4.78, 5) is 11.2. The Morgan fingerprint density at radius 2 is 1.54 bits per heavy atom. The number of ether oxygens (including phenoxy) is 3. The minimum Gasteiger partial charge on any atom is -0.479 e. The number of aliphatic hydroxyl groups is 6. The van der Waals surface area contributed by atoms with Crippen LogP contribution in [0.4, 0.5) is 0 Å². The molecule has 164 valence electrons. The lowest BCUT2D eigenvalue weighted by molar-refractivity contribution is -0.350. The van der Waals surface area contributed by atoms with Gasteiger partial charge in [-0.25, -0.2) is 8.98 Å². The third kappa shape index (κ3) is 4.93. The first-order valence-electron chi connectivity index (χ1n) is 7.73. The maximum Gasteiger partial charge on any atom is 0.397 e. The average Bonchev–Trinajstić information content (AvgIpc) is 2.59. The standard InChI is InChI=1S/C12H20O15S/c13-1-2-3(14)7(5(16)11(20)24-2)25-12-6(17)8(27-28(21,22)23)4(15)9(26-12)10(18)19/h2-9,11-17,20H,1H2,(H,18,19)(H,21,22,23)/t2-,3+,4+,5-,6-,7+,8+,9+,11-,12-/m1/s1. The maximum atomic E-state index is 11.2. The van der Waals surface area contributed by atoms with Gasteiger partial charge in [0.1, 0.15) is 42.7 Å². The van der Waals surface area contributed by atoms with Crippen molar-refractivity contribution in [2.45, 2.75) is 61.4 Å². The molecule has 8 N–H and O–H groups in total. The van der Waals surface area contributed by atoms with E-state index in [-0.39, 0.29) is 0 Å². The van der Waals surface area contributed by atoms with Crippen LogP contribution in [0, 0.1) is 0 Å². The molecule has 2 aliphatic heterocycles. The van der Waals surface area contributed by atoms with Crippen molar-refractivity contribution in [3.63, 3.8) is 0 Å². The second-order valence-electron chi connectivity index (χ2n) is 6.06. The van der Waals surface area contributed by atoms with Crippen LogP contribution in [0.2, 0.25) is 0 Å². The molecule has 2 heterocycles. The van der Waals surface area contributed by atoms with E-state index < -0.39 is 84.4 Å². The van der Waals surface area contributed by atoms with Gasteiger partial charge in [-0.3, -0.25) is 4.55 Å². The van der Waals surface area contributed by atoms with Crippen molar-refractivity contribution in [1.29, 1.82) is 0 Å². The van der Waals surface area contributed by atoms with Gasteiger partial charge in [-0.05, 0) is 0 Å². The molecule has 0 aromatic carbocycles. The zero-order valence-corrected chi connectivity index (χ0v) is 14.6. The maximum absolute atomic E-state index is 11.2. The first kappa shape index (κ1) is 23.3. The topological polar surface area (TPSA) is 250 Å². The van der Waals surface area contributed by atoms with Crippen LogP contribution in [-0.2, 0) is 33.6 Å². The summed E-state index contributed by atoms with van der Waals surface area (Å²) < 4.78 is 49.3. The molecule has 2 saturated heterocycles. The van der Waals surface area contributed by atoms with E-state index in [1.54, 1.807) is 0 Å². The lowest BCUT2D eigenvalue weighted by atomic mass is 9.97. The summed E-state index contributed by atoms with van der Waals surface area (Å²) >= 11 is 0. The molecule has 0 bridgehead atoms. The fourth-order valence-corrected chi connectivity index (χ4v) is 3.30. The molecule has 0 aliphatic carbocycles. The monoisotopic (exact) mass is 436 g/mol. The number of rotatable bonds is 6. The van der Waals surface area contributed by atoms with Gasteiger partial charge in [0.05, 0.1) is 6.61 Å². The number of aliphatic carboxylic acids is 1. The van der Waals surface area contributed by atoms with Gasteiger partial charge in [0, 0.05) is 0 Å². The van der Waals surface area contributed by atoms with Crippen LogP contribution in [-0.4, -0.2) is 123 Å². The van der Waals surface area contributed by atoms with E-state index >= 15 is 0 Å². The van der Waals surface area contributed by atoms with E-state index in [1.165, 1.54) is 0 Å². The summed E-state index contributed by atoms with van der Waals surface area (Å²) in [7, 11) is -5.25. The summed E-state index contributed by atoms with van der Waals surface area (Å²) in [5.74, 6) is -1.82. The van der Waals surface area contributed by atoms with Crippen molar-refractivity contribution >= 4 is 16.4 Å². The fraction of sp³-hybridized carbons (Fsp3) is 0.917. The van der Waals surface area contributed by atoms with Gasteiger partial charge in [0.25, 0.3) is 0 Å². The lowest BCUT2D eigenvalue weighted by Gasteiger charge is -2.45. The number of carboxylic acids is 1. The summed E-state index contributed by atoms with van der Waals surface area (Å²) in [6.45, 7) is -0.816. The SMILES string of the molecule is O=C(O)[C@H]1O[C@@H](O[C@@H]2[C@@H](O)[C@H](O)O[C@H](CO)[C@@H]2O)[C@H](O)[C@@H](OS(=O)(=O)O)[C@@H]1O. The number of hydrogen-bond acceptors (Lipinski definition) is 13. The van der Waals surface area contributed by atoms with Crippen molar-refractivity contribution in [3.8, 4) is 0 Å². The van der Waals surface area contributed by atoms with Crippen molar-refractivity contribution in [2.75, 3.05) is 6.61 Å². The summed E-state index contributed by atoms with van der Waals surface area (Å²) in [6, 6.07) is 0. The smallest absolute Gasteiger partial charge is 0.397 e. The Labute approximate surface area is 157 Å². The van der Waals surface area contributed by atoms with E-state index in [0.29, 0.717) is 0 Å². The molecule has 0 radical (unpaired) electrons. The van der Waals surface area contributed by atoms with Crippen molar-refractivity contribution in [2.24, 2.45) is 0 Å². The zero-order valence-electron chi connectivity index (χ0n) is 13.8. The lowest BCUT2D eigenvalue weighted by Crippen LogP contribution is -2.65. The summed E-state index contributed by atoms with van der Waals surface area (Å²) in [5.41, 5.74) is 0. The second-order valence-corrected chi connectivity index (χ2v) is 7.11. The molecule has 28 heavy (non-hydrogen) atoms. The molecule has 0 aromatic rings. The van der Waals surface area contributed by atoms with Crippen LogP contribution >= 0.6 is 0 Å². The van der Waals surface area contributed by atoms with Gasteiger partial charge in [0.15, 0.2) is 18.7 Å². The minimum atomic E-state index is -5.25. The highest BCUT2D eigenvalue weighted by Crippen LogP contribution is 2.30. The number of carboxylic acid groups (broad SMARTS) is 1. The van der Waals surface area contributed by atoms with Gasteiger partial charge < -0.3 is 50.0 Å². The van der Waals surface area contributed by atoms with Gasteiger partial charge in [-0.15, -0.1) is 0 Å². The van der Waals surface area contributed by atoms with Crippen molar-refractivity contribution in [1.82, 2.24) is 0 Å². The third-order valence-electron chi connectivity index (χ3n) is 4.15. The third-order valence-corrected chi connectivity index (χ3v) is 4.62. The Morgan fingerprint density at radius 3 is 2.04 bits per heavy atom. The Bertz CT molecular complexity index is 653. The normalized spacial score (nSPS) is 45.0. The van der Waals surface area contributed by atoms with Crippen LogP contribution in [0.1, 0.15) is 0 Å². The Kier molecular flexibility index (Phi) is 7.29. The zero-order chi connectivity index (χ0) is 21.4. The molecule has 0 spiro atoms. The number of carbonyl (C=O) groups is 1. The first-order valence-corrected chi connectivity index (χ1v) is 9.10. The van der Waals surface area contributed by atoms with Crippen LogP contribution < -0.4 is 0 Å². The van der Waals surface area contributed by atoms with E-state index in [4.69, 9.17) is 29.0 Å². The average molecular weight is 436 g/mol. The molecule has 2 rings (SSSR count). The highest BCUT2D eigenvalue weighted by atomic mass is 32.3. The fourth-order valence-electron chi connectivity index (χ4n) is 2.79. The largest absolute Gasteiger partial charge is 0.479 e. The second kappa shape index (κ2) is 8.78. The molecule has 0 saturated carbocycles. The van der Waals surface area contributed by atoms with Gasteiger partial charge in [0.2, 0.25) is 0 Å². The molecular formula is C12H20O15S. The van der Waals surface area contributed by atoms with Crippen molar-refractivity contribution < 1.29 is 71.9 Å². The molecule has 10 atom stereocenters. The number of aliphatic hydroxyl groups excluding tert-OH is 6. The molecule has 15 nitrogen and oxygen atoms in total. The van der Waals surface area contributed by atoms with E-state index in [9.17, 15) is 38.7 Å². The van der Waals surface area contributed by atoms with Crippen LogP contribution in [0.5, 0.6) is 0 Å². The highest BCUT2D eigenvalue weighted by Gasteiger charge is 2.53. The van der Waals surface area contributed by atoms with Gasteiger partial charge in [-0.2, -0.15) is 8.42 Å². The van der Waals surface area contributed by atoms with Gasteiger partial charge >= 0.3 is 16.4 Å². The Hall–Kier alpha value is -1.02. The highest BCUT2D eigenvalue weighted by molar-refractivity contribution is 7.80. The predicted molar refractivity (Wildman–Crippen MR) is 79.6 cm³/mol. The van der Waals surface area contributed by atoms with Crippen LogP contribution in [0.25, 0.3) is 0 Å². The molecule has 0 unspecified atom stereocenters. The molecule has 0 amide bonds. The Balaban J connectivity index is 2.27. The Morgan fingerprint density at radius 1 is 0.929 bits per heavy atom. The predicted octanol–water partition coefficient (Wildman–Crippen LogP) is -5.48. The van der Waals surface area contributed by atoms with Gasteiger partial charge in [-0.1, -0.05) is 0 Å². The molecule has 0 aromatic heterocycles. The molecule has 2 aliphatic rings. The first-order chi connectivity index (χ1) is 12.9. The van der Waals surface area contributed by atoms with E-state index in [0.717, 1.165) is 0 Å². The van der Waals surface area contributed by atoms with E-state index in [2.05, 4.69) is 4.18 Å². The number of hydrogen-bond donors (Lipinski definition) is 8.